The number of hydrogen-bond donors (Lipinski definition) is 1. The summed E-state index contributed by atoms with van der Waals surface area (Å²) < 4.78 is 1.45. The van der Waals surface area contributed by atoms with Crippen LogP contribution in [0.25, 0.3) is 27.7 Å². The first-order valence-corrected chi connectivity index (χ1v) is 8.61. The van der Waals surface area contributed by atoms with Crippen LogP contribution in [0.5, 0.6) is 5.75 Å². The molecule has 0 radical (unpaired) electrons. The number of carbonyl (C=O) groups is 1. The number of para-hydroxylation sites is 2. The van der Waals surface area contributed by atoms with Crippen LogP contribution in [0.1, 0.15) is 17.3 Å². The number of Topliss-reactive ketones (excluding diaryl/α,β-unsaturated/α-hetero) is 1. The van der Waals surface area contributed by atoms with Gasteiger partial charge in [0.2, 0.25) is 0 Å². The summed E-state index contributed by atoms with van der Waals surface area (Å²) in [5.74, 6) is -0.705. The second-order valence-corrected chi connectivity index (χ2v) is 6.35. The molecular formula is C23H17NO3. The first kappa shape index (κ1) is 16.8. The summed E-state index contributed by atoms with van der Waals surface area (Å²) >= 11 is 0. The Morgan fingerprint density at radius 1 is 0.852 bits per heavy atom. The minimum atomic E-state index is -0.509. The van der Waals surface area contributed by atoms with Crippen molar-refractivity contribution in [3.05, 3.63) is 94.8 Å². The minimum absolute atomic E-state index is 0.183. The summed E-state index contributed by atoms with van der Waals surface area (Å²) in [4.78, 5) is 24.4. The Balaban J connectivity index is 0.000000250. The van der Waals surface area contributed by atoms with E-state index in [1.165, 1.54) is 22.6 Å². The largest absolute Gasteiger partial charge is 0.506 e. The van der Waals surface area contributed by atoms with Gasteiger partial charge in [0.15, 0.2) is 5.78 Å². The van der Waals surface area contributed by atoms with Crippen LogP contribution in [-0.2, 0) is 0 Å². The second-order valence-electron chi connectivity index (χ2n) is 6.35. The van der Waals surface area contributed by atoms with E-state index in [4.69, 9.17) is 0 Å². The topological polar surface area (TPSA) is 59.3 Å². The first-order chi connectivity index (χ1) is 13.1. The SMILES string of the molecule is CC(=O)c1c(O)c2ccccc2n(-c2ccccc2)c1=O.c1cc2cc-2c1. The summed E-state index contributed by atoms with van der Waals surface area (Å²) in [6, 6.07) is 24.5. The normalized spacial score (nSPS) is 10.9. The molecule has 0 fully saturated rings. The van der Waals surface area contributed by atoms with Gasteiger partial charge in [-0.3, -0.25) is 14.2 Å². The molecule has 0 saturated carbocycles. The van der Waals surface area contributed by atoms with Crippen molar-refractivity contribution >= 4 is 16.7 Å². The first-order valence-electron chi connectivity index (χ1n) is 8.61. The second kappa shape index (κ2) is 6.57. The number of aromatic nitrogens is 1. The quantitative estimate of drug-likeness (QED) is 0.472. The molecule has 5 rings (SSSR count). The van der Waals surface area contributed by atoms with Crippen LogP contribution in [0.4, 0.5) is 0 Å². The zero-order valence-electron chi connectivity index (χ0n) is 14.7. The lowest BCUT2D eigenvalue weighted by molar-refractivity contribution is 0.101. The Kier molecular flexibility index (Phi) is 4.09. The van der Waals surface area contributed by atoms with E-state index in [2.05, 4.69) is 24.3 Å². The van der Waals surface area contributed by atoms with Crippen molar-refractivity contribution in [3.63, 3.8) is 0 Å². The molecule has 2 aliphatic carbocycles. The molecular weight excluding hydrogens is 338 g/mol. The zero-order valence-corrected chi connectivity index (χ0v) is 14.7. The molecule has 27 heavy (non-hydrogen) atoms. The highest BCUT2D eigenvalue weighted by Crippen LogP contribution is 2.32. The number of nitrogens with zero attached hydrogens (tertiary/aromatic N) is 1. The van der Waals surface area contributed by atoms with Gasteiger partial charge in [0.1, 0.15) is 11.3 Å². The maximum absolute atomic E-state index is 12.6. The molecule has 4 nitrogen and oxygen atoms in total. The number of carbonyl (C=O) groups excluding carboxylic acids is 1. The van der Waals surface area contributed by atoms with Crippen molar-refractivity contribution < 1.29 is 9.90 Å². The fraction of sp³-hybridized carbons (Fsp3) is 0.0435. The molecule has 1 heterocycles. The van der Waals surface area contributed by atoms with Crippen LogP contribution in [0.2, 0.25) is 0 Å². The van der Waals surface area contributed by atoms with E-state index >= 15 is 0 Å². The van der Waals surface area contributed by atoms with Crippen molar-refractivity contribution in [2.24, 2.45) is 0 Å². The molecule has 0 amide bonds. The van der Waals surface area contributed by atoms with Gasteiger partial charge in [-0.2, -0.15) is 0 Å². The van der Waals surface area contributed by atoms with E-state index in [1.54, 1.807) is 36.4 Å². The van der Waals surface area contributed by atoms with Crippen molar-refractivity contribution in [1.82, 2.24) is 4.57 Å². The summed E-state index contributed by atoms with van der Waals surface area (Å²) in [6.45, 7) is 1.28. The van der Waals surface area contributed by atoms with E-state index in [1.807, 2.05) is 18.2 Å². The van der Waals surface area contributed by atoms with Gasteiger partial charge >= 0.3 is 0 Å². The average molecular weight is 355 g/mol. The summed E-state index contributed by atoms with van der Waals surface area (Å²) in [5.41, 5.74) is 3.38. The van der Waals surface area contributed by atoms with E-state index in [0.29, 0.717) is 16.6 Å². The third-order valence-corrected chi connectivity index (χ3v) is 4.53. The molecule has 0 unspecified atom stereocenters. The maximum Gasteiger partial charge on any atom is 0.270 e. The number of fused-ring (bicyclic) bond motifs is 2. The Labute approximate surface area is 156 Å². The summed E-state index contributed by atoms with van der Waals surface area (Å²) in [6.07, 6.45) is 0. The lowest BCUT2D eigenvalue weighted by atomic mass is 10.1. The minimum Gasteiger partial charge on any atom is -0.506 e. The van der Waals surface area contributed by atoms with Gasteiger partial charge in [0.05, 0.1) is 5.52 Å². The molecule has 0 aliphatic heterocycles. The molecule has 4 heteroatoms. The molecule has 3 aromatic rings. The van der Waals surface area contributed by atoms with Crippen molar-refractivity contribution in [3.8, 4) is 22.6 Å². The Bertz CT molecular complexity index is 1210. The zero-order chi connectivity index (χ0) is 19.0. The standard InChI is InChI=1S/C17H13NO3.C6H4/c1-11(19)15-16(20)13-9-5-6-10-14(13)18(17(15)21)12-7-3-2-4-8-12;1-2-5-4-6(5)3-1/h2-10,20H,1H3;1-4H. The molecule has 2 aromatic carbocycles. The van der Waals surface area contributed by atoms with Crippen molar-refractivity contribution in [2.45, 2.75) is 6.92 Å². The van der Waals surface area contributed by atoms with Crippen LogP contribution >= 0.6 is 0 Å². The fourth-order valence-corrected chi connectivity index (χ4v) is 3.15. The van der Waals surface area contributed by atoms with E-state index in [0.717, 1.165) is 0 Å². The Morgan fingerprint density at radius 3 is 2.04 bits per heavy atom. The number of hydrogen-bond acceptors (Lipinski definition) is 3. The Hall–Kier alpha value is -3.66. The van der Waals surface area contributed by atoms with E-state index < -0.39 is 11.3 Å². The number of benzene rings is 3. The Morgan fingerprint density at radius 2 is 1.48 bits per heavy atom. The monoisotopic (exact) mass is 355 g/mol. The predicted octanol–water partition coefficient (Wildman–Crippen LogP) is 4.57. The molecule has 0 atom stereocenters. The number of ketones is 1. The van der Waals surface area contributed by atoms with E-state index in [9.17, 15) is 14.7 Å². The lowest BCUT2D eigenvalue weighted by Gasteiger charge is -2.13. The molecule has 0 spiro atoms. The van der Waals surface area contributed by atoms with Crippen LogP contribution in [-0.4, -0.2) is 15.5 Å². The number of rotatable bonds is 2. The summed E-state index contributed by atoms with van der Waals surface area (Å²) in [5, 5.41) is 10.7. The molecule has 0 saturated heterocycles. The molecule has 1 N–H and O–H groups in total. The van der Waals surface area contributed by atoms with Gasteiger partial charge in [-0.25, -0.2) is 0 Å². The lowest BCUT2D eigenvalue weighted by Crippen LogP contribution is -2.25. The number of aromatic hydroxyl groups is 1. The van der Waals surface area contributed by atoms with Crippen LogP contribution in [0.15, 0.2) is 83.7 Å². The molecule has 2 aliphatic rings. The van der Waals surface area contributed by atoms with E-state index in [-0.39, 0.29) is 11.3 Å². The molecule has 0 bridgehead atoms. The van der Waals surface area contributed by atoms with Crippen molar-refractivity contribution in [2.75, 3.05) is 0 Å². The highest BCUT2D eigenvalue weighted by molar-refractivity contribution is 6.02. The van der Waals surface area contributed by atoms with Gasteiger partial charge in [0, 0.05) is 11.1 Å². The third-order valence-electron chi connectivity index (χ3n) is 4.53. The third kappa shape index (κ3) is 3.02. The number of pyridine rings is 1. The molecule has 1 aromatic heterocycles. The van der Waals surface area contributed by atoms with Gasteiger partial charge < -0.3 is 5.11 Å². The van der Waals surface area contributed by atoms with Gasteiger partial charge in [-0.05, 0) is 48.4 Å². The highest BCUT2D eigenvalue weighted by Gasteiger charge is 2.19. The van der Waals surface area contributed by atoms with Gasteiger partial charge in [-0.1, -0.05) is 48.5 Å². The molecule has 132 valence electrons. The maximum atomic E-state index is 12.6. The van der Waals surface area contributed by atoms with Crippen LogP contribution in [0.3, 0.4) is 0 Å². The summed E-state index contributed by atoms with van der Waals surface area (Å²) in [7, 11) is 0. The van der Waals surface area contributed by atoms with Gasteiger partial charge in [-0.15, -0.1) is 0 Å². The predicted molar refractivity (Wildman–Crippen MR) is 107 cm³/mol. The highest BCUT2D eigenvalue weighted by atomic mass is 16.3. The smallest absolute Gasteiger partial charge is 0.270 e. The average Bonchev–Trinajstić information content (AvgIpc) is 3.28. The van der Waals surface area contributed by atoms with Crippen LogP contribution < -0.4 is 5.56 Å². The fourth-order valence-electron chi connectivity index (χ4n) is 3.15. The van der Waals surface area contributed by atoms with Crippen molar-refractivity contribution in [1.29, 1.82) is 0 Å². The van der Waals surface area contributed by atoms with Crippen LogP contribution in [0, 0.1) is 0 Å². The van der Waals surface area contributed by atoms with Gasteiger partial charge in [0.25, 0.3) is 5.56 Å².